The Bertz CT molecular complexity index is 376. The van der Waals surface area contributed by atoms with E-state index in [1.807, 2.05) is 6.07 Å². The maximum Gasteiger partial charge on any atom is 0.124 e. The molecule has 1 aliphatic rings. The van der Waals surface area contributed by atoms with Crippen molar-refractivity contribution in [2.75, 3.05) is 7.11 Å². The molecule has 3 heteroatoms. The van der Waals surface area contributed by atoms with Crippen molar-refractivity contribution < 1.29 is 9.84 Å². The van der Waals surface area contributed by atoms with Gasteiger partial charge in [0.25, 0.3) is 0 Å². The SMILES string of the molecule is COc1cc(O)c2c(c1)C[C@H](C)N[C@H]2C. The van der Waals surface area contributed by atoms with Gasteiger partial charge >= 0.3 is 0 Å². The Kier molecular flexibility index (Phi) is 2.57. The third-order valence-electron chi connectivity index (χ3n) is 2.95. The number of nitrogens with one attached hydrogen (secondary N) is 1. The molecule has 0 radical (unpaired) electrons. The van der Waals surface area contributed by atoms with Crippen LogP contribution < -0.4 is 10.1 Å². The molecular formula is C12H17NO2. The molecule has 1 aliphatic heterocycles. The second kappa shape index (κ2) is 3.74. The van der Waals surface area contributed by atoms with E-state index >= 15 is 0 Å². The lowest BCUT2D eigenvalue weighted by Crippen LogP contribution is -2.35. The van der Waals surface area contributed by atoms with Crippen LogP contribution in [0.1, 0.15) is 31.0 Å². The number of hydrogen-bond donors (Lipinski definition) is 2. The van der Waals surface area contributed by atoms with Gasteiger partial charge < -0.3 is 15.2 Å². The number of rotatable bonds is 1. The lowest BCUT2D eigenvalue weighted by atomic mass is 9.90. The summed E-state index contributed by atoms with van der Waals surface area (Å²) in [5.41, 5.74) is 2.19. The van der Waals surface area contributed by atoms with Gasteiger partial charge in [0, 0.05) is 23.7 Å². The Morgan fingerprint density at radius 1 is 1.40 bits per heavy atom. The van der Waals surface area contributed by atoms with E-state index in [1.54, 1.807) is 13.2 Å². The summed E-state index contributed by atoms with van der Waals surface area (Å²) in [6, 6.07) is 4.34. The van der Waals surface area contributed by atoms with Crippen LogP contribution in [-0.4, -0.2) is 18.3 Å². The van der Waals surface area contributed by atoms with Crippen LogP contribution in [0.3, 0.4) is 0 Å². The molecule has 2 atom stereocenters. The molecule has 1 aromatic rings. The van der Waals surface area contributed by atoms with Gasteiger partial charge in [-0.2, -0.15) is 0 Å². The quantitative estimate of drug-likeness (QED) is 0.740. The molecule has 1 aromatic carbocycles. The van der Waals surface area contributed by atoms with Crippen LogP contribution in [0.5, 0.6) is 11.5 Å². The Morgan fingerprint density at radius 2 is 2.13 bits per heavy atom. The fourth-order valence-electron chi connectivity index (χ4n) is 2.35. The van der Waals surface area contributed by atoms with E-state index in [4.69, 9.17) is 4.74 Å². The van der Waals surface area contributed by atoms with Crippen LogP contribution in [0.4, 0.5) is 0 Å². The maximum atomic E-state index is 9.90. The normalized spacial score (nSPS) is 24.7. The lowest BCUT2D eigenvalue weighted by Gasteiger charge is -2.30. The summed E-state index contributed by atoms with van der Waals surface area (Å²) in [6.45, 7) is 4.22. The highest BCUT2D eigenvalue weighted by molar-refractivity contribution is 5.48. The molecule has 3 nitrogen and oxygen atoms in total. The summed E-state index contributed by atoms with van der Waals surface area (Å²) in [7, 11) is 1.62. The number of methoxy groups -OCH3 is 1. The number of hydrogen-bond acceptors (Lipinski definition) is 3. The van der Waals surface area contributed by atoms with Crippen molar-refractivity contribution in [3.05, 3.63) is 23.3 Å². The Hall–Kier alpha value is -1.22. The van der Waals surface area contributed by atoms with Gasteiger partial charge in [-0.3, -0.25) is 0 Å². The standard InChI is InChI=1S/C12H17NO2/c1-7-4-9-5-10(15-3)6-11(14)12(9)8(2)13-7/h5-8,13-14H,4H2,1-3H3/t7-,8-/m0/s1. The van der Waals surface area contributed by atoms with Gasteiger partial charge in [0.05, 0.1) is 7.11 Å². The van der Waals surface area contributed by atoms with E-state index in [1.165, 1.54) is 5.56 Å². The van der Waals surface area contributed by atoms with Crippen LogP contribution in [0.25, 0.3) is 0 Å². The summed E-state index contributed by atoms with van der Waals surface area (Å²) >= 11 is 0. The molecule has 0 amide bonds. The second-order valence-corrected chi connectivity index (χ2v) is 4.21. The minimum Gasteiger partial charge on any atom is -0.507 e. The first kappa shape index (κ1) is 10.3. The van der Waals surface area contributed by atoms with E-state index in [2.05, 4.69) is 19.2 Å². The fraction of sp³-hybridized carbons (Fsp3) is 0.500. The smallest absolute Gasteiger partial charge is 0.124 e. The van der Waals surface area contributed by atoms with E-state index in [0.29, 0.717) is 11.8 Å². The van der Waals surface area contributed by atoms with Crippen molar-refractivity contribution in [1.29, 1.82) is 0 Å². The number of aromatic hydroxyl groups is 1. The van der Waals surface area contributed by atoms with Gasteiger partial charge in [-0.05, 0) is 31.9 Å². The molecule has 0 spiro atoms. The van der Waals surface area contributed by atoms with Crippen molar-refractivity contribution in [1.82, 2.24) is 5.32 Å². The van der Waals surface area contributed by atoms with Crippen molar-refractivity contribution in [3.8, 4) is 11.5 Å². The van der Waals surface area contributed by atoms with Crippen LogP contribution in [0.2, 0.25) is 0 Å². The number of phenolic OH excluding ortho intramolecular Hbond substituents is 1. The summed E-state index contributed by atoms with van der Waals surface area (Å²) < 4.78 is 5.15. The van der Waals surface area contributed by atoms with Crippen LogP contribution in [0, 0.1) is 0 Å². The molecule has 2 rings (SSSR count). The zero-order chi connectivity index (χ0) is 11.0. The van der Waals surface area contributed by atoms with Gasteiger partial charge in [0.2, 0.25) is 0 Å². The van der Waals surface area contributed by atoms with Crippen molar-refractivity contribution >= 4 is 0 Å². The van der Waals surface area contributed by atoms with E-state index < -0.39 is 0 Å². The predicted molar refractivity (Wildman–Crippen MR) is 59.4 cm³/mol. The van der Waals surface area contributed by atoms with E-state index in [9.17, 15) is 5.11 Å². The fourth-order valence-corrected chi connectivity index (χ4v) is 2.35. The molecule has 0 bridgehead atoms. The average Bonchev–Trinajstić information content (AvgIpc) is 2.15. The minimum absolute atomic E-state index is 0.203. The third kappa shape index (κ3) is 1.79. The number of ether oxygens (including phenoxy) is 1. The predicted octanol–water partition coefficient (Wildman–Crippen LogP) is 2.00. The highest BCUT2D eigenvalue weighted by Crippen LogP contribution is 2.35. The Morgan fingerprint density at radius 3 is 2.80 bits per heavy atom. The molecular weight excluding hydrogens is 190 g/mol. The molecule has 15 heavy (non-hydrogen) atoms. The van der Waals surface area contributed by atoms with Crippen molar-refractivity contribution in [2.45, 2.75) is 32.4 Å². The highest BCUT2D eigenvalue weighted by Gasteiger charge is 2.24. The van der Waals surface area contributed by atoms with Crippen LogP contribution in [0.15, 0.2) is 12.1 Å². The van der Waals surface area contributed by atoms with Gasteiger partial charge in [-0.15, -0.1) is 0 Å². The molecule has 0 fully saturated rings. The monoisotopic (exact) mass is 207 g/mol. The molecule has 0 unspecified atom stereocenters. The van der Waals surface area contributed by atoms with E-state index in [-0.39, 0.29) is 6.04 Å². The minimum atomic E-state index is 0.203. The topological polar surface area (TPSA) is 41.5 Å². The van der Waals surface area contributed by atoms with Gasteiger partial charge in [-0.1, -0.05) is 0 Å². The molecule has 2 N–H and O–H groups in total. The molecule has 0 aliphatic carbocycles. The van der Waals surface area contributed by atoms with Gasteiger partial charge in [0.1, 0.15) is 11.5 Å². The summed E-state index contributed by atoms with van der Waals surface area (Å²) in [5, 5.41) is 13.3. The first-order chi connectivity index (χ1) is 7.11. The van der Waals surface area contributed by atoms with Gasteiger partial charge in [0.15, 0.2) is 0 Å². The van der Waals surface area contributed by atoms with Crippen LogP contribution >= 0.6 is 0 Å². The van der Waals surface area contributed by atoms with Gasteiger partial charge in [-0.25, -0.2) is 0 Å². The molecule has 1 heterocycles. The largest absolute Gasteiger partial charge is 0.507 e. The number of benzene rings is 1. The molecule has 82 valence electrons. The molecule has 0 saturated carbocycles. The second-order valence-electron chi connectivity index (χ2n) is 4.21. The zero-order valence-corrected chi connectivity index (χ0v) is 9.37. The summed E-state index contributed by atoms with van der Waals surface area (Å²) in [5.74, 6) is 1.06. The zero-order valence-electron chi connectivity index (χ0n) is 9.37. The van der Waals surface area contributed by atoms with Crippen LogP contribution in [-0.2, 0) is 6.42 Å². The molecule has 0 saturated heterocycles. The van der Waals surface area contributed by atoms with Crippen molar-refractivity contribution in [3.63, 3.8) is 0 Å². The molecule has 0 aromatic heterocycles. The maximum absolute atomic E-state index is 9.90. The highest BCUT2D eigenvalue weighted by atomic mass is 16.5. The first-order valence-electron chi connectivity index (χ1n) is 5.27. The number of fused-ring (bicyclic) bond motifs is 1. The van der Waals surface area contributed by atoms with Crippen molar-refractivity contribution in [2.24, 2.45) is 0 Å². The first-order valence-corrected chi connectivity index (χ1v) is 5.27. The Balaban J connectivity index is 2.50. The summed E-state index contributed by atoms with van der Waals surface area (Å²) in [4.78, 5) is 0. The summed E-state index contributed by atoms with van der Waals surface area (Å²) in [6.07, 6.45) is 0.935. The average molecular weight is 207 g/mol. The number of phenols is 1. The lowest BCUT2D eigenvalue weighted by molar-refractivity contribution is 0.388. The third-order valence-corrected chi connectivity index (χ3v) is 2.95. The van der Waals surface area contributed by atoms with E-state index in [0.717, 1.165) is 17.7 Å². The Labute approximate surface area is 90.1 Å².